The quantitative estimate of drug-likeness (QED) is 0.424. The van der Waals surface area contributed by atoms with Crippen molar-refractivity contribution in [1.82, 2.24) is 4.57 Å². The molecule has 0 spiro atoms. The summed E-state index contributed by atoms with van der Waals surface area (Å²) in [7, 11) is 1.66. The number of hydrogen-bond acceptors (Lipinski definition) is 5. The highest BCUT2D eigenvalue weighted by Gasteiger charge is 2.40. The zero-order valence-electron chi connectivity index (χ0n) is 22.6. The monoisotopic (exact) mass is 509 g/mol. The van der Waals surface area contributed by atoms with Crippen LogP contribution in [-0.4, -0.2) is 26.5 Å². The second-order valence-corrected chi connectivity index (χ2v) is 11.3. The van der Waals surface area contributed by atoms with Crippen LogP contribution in [0.3, 0.4) is 0 Å². The van der Waals surface area contributed by atoms with Crippen molar-refractivity contribution in [2.24, 2.45) is 13.0 Å². The summed E-state index contributed by atoms with van der Waals surface area (Å²) in [5, 5.41) is 21.0. The van der Waals surface area contributed by atoms with Crippen LogP contribution in [0.25, 0.3) is 11.1 Å². The Bertz CT molecular complexity index is 1350. The molecule has 1 heterocycles. The summed E-state index contributed by atoms with van der Waals surface area (Å²) in [5.41, 5.74) is 1.10. The van der Waals surface area contributed by atoms with E-state index in [0.717, 1.165) is 0 Å². The van der Waals surface area contributed by atoms with Crippen molar-refractivity contribution in [2.75, 3.05) is 0 Å². The molecular weight excluding hydrogens is 473 g/mol. The summed E-state index contributed by atoms with van der Waals surface area (Å²) in [4.78, 5) is 12.6. The van der Waals surface area contributed by atoms with Crippen LogP contribution in [0.2, 0.25) is 0 Å². The number of pyridine rings is 1. The molecule has 2 aromatic carbocycles. The summed E-state index contributed by atoms with van der Waals surface area (Å²) in [6.45, 7) is 10.6. The molecule has 1 fully saturated rings. The van der Waals surface area contributed by atoms with Crippen LogP contribution in [-0.2, 0) is 12.6 Å². The van der Waals surface area contributed by atoms with E-state index in [1.807, 2.05) is 6.07 Å². The number of benzene rings is 2. The Labute approximate surface area is 217 Å². The number of nitrogens with zero attached hydrogens (tertiary/aromatic N) is 1. The van der Waals surface area contributed by atoms with Gasteiger partial charge in [0, 0.05) is 30.4 Å². The zero-order valence-corrected chi connectivity index (χ0v) is 22.6. The number of aliphatic hydroxyl groups is 2. The van der Waals surface area contributed by atoms with Gasteiger partial charge in [0.2, 0.25) is 0 Å². The molecule has 2 N–H and O–H groups in total. The highest BCUT2D eigenvalue weighted by atomic mass is 19.1. The summed E-state index contributed by atoms with van der Waals surface area (Å²) < 4.78 is 28.0. The zero-order chi connectivity index (χ0) is 27.3. The predicted octanol–water partition coefficient (Wildman–Crippen LogP) is 5.76. The first-order valence-electron chi connectivity index (χ1n) is 12.5. The van der Waals surface area contributed by atoms with Crippen LogP contribution in [0, 0.1) is 25.6 Å². The van der Waals surface area contributed by atoms with Gasteiger partial charge >= 0.3 is 0 Å². The lowest BCUT2D eigenvalue weighted by molar-refractivity contribution is -0.0672. The van der Waals surface area contributed by atoms with Crippen molar-refractivity contribution in [3.63, 3.8) is 0 Å². The van der Waals surface area contributed by atoms with Crippen molar-refractivity contribution in [1.29, 1.82) is 0 Å². The average Bonchev–Trinajstić information content (AvgIpc) is 2.73. The Kier molecular flexibility index (Phi) is 6.99. The average molecular weight is 510 g/mol. The largest absolute Gasteiger partial charge is 0.489 e. The second-order valence-electron chi connectivity index (χ2n) is 11.3. The van der Waals surface area contributed by atoms with Crippen LogP contribution in [0.4, 0.5) is 4.39 Å². The SMILES string of the molecule is Cc1cc(F)cc(C)c1Oc1ccc(C(C)(C)O)cc1-c1cn(C)c(=O)cc1O[C@H]1C[C@@H](C(C)(C)O)C1. The molecule has 3 aromatic rings. The third kappa shape index (κ3) is 5.73. The lowest BCUT2D eigenvalue weighted by atomic mass is 9.72. The Morgan fingerprint density at radius 2 is 1.57 bits per heavy atom. The molecule has 0 aliphatic heterocycles. The normalized spacial score (nSPS) is 17.9. The Morgan fingerprint density at radius 1 is 0.946 bits per heavy atom. The third-order valence-corrected chi connectivity index (χ3v) is 7.19. The Balaban J connectivity index is 1.82. The Hall–Kier alpha value is -3.16. The van der Waals surface area contributed by atoms with Crippen molar-refractivity contribution < 1.29 is 24.1 Å². The van der Waals surface area contributed by atoms with Crippen molar-refractivity contribution >= 4 is 0 Å². The Morgan fingerprint density at radius 3 is 2.14 bits per heavy atom. The lowest BCUT2D eigenvalue weighted by Gasteiger charge is -2.42. The molecular formula is C30H36FNO5. The fraction of sp³-hybridized carbons (Fsp3) is 0.433. The third-order valence-electron chi connectivity index (χ3n) is 7.19. The topological polar surface area (TPSA) is 80.9 Å². The van der Waals surface area contributed by atoms with E-state index in [4.69, 9.17) is 9.47 Å². The molecule has 4 rings (SSSR count). The predicted molar refractivity (Wildman–Crippen MR) is 142 cm³/mol. The number of ether oxygens (including phenoxy) is 2. The number of halogens is 1. The molecule has 1 aliphatic carbocycles. The molecule has 1 aliphatic rings. The maximum atomic E-state index is 13.9. The molecule has 198 valence electrons. The van der Waals surface area contributed by atoms with Crippen LogP contribution >= 0.6 is 0 Å². The number of aryl methyl sites for hydroxylation is 3. The van der Waals surface area contributed by atoms with Gasteiger partial charge in [0.15, 0.2) is 0 Å². The first-order valence-corrected chi connectivity index (χ1v) is 12.5. The summed E-state index contributed by atoms with van der Waals surface area (Å²) in [6.07, 6.45) is 2.92. The number of hydrogen-bond donors (Lipinski definition) is 2. The molecule has 6 nitrogen and oxygen atoms in total. The summed E-state index contributed by atoms with van der Waals surface area (Å²) >= 11 is 0. The standard InChI is InChI=1S/C30H36FNO5/c1-17-10-21(31)11-18(2)28(17)37-25-9-8-19(29(3,4)34)14-23(25)24-16-32(7)27(33)15-26(24)36-22-12-20(13-22)30(5,6)35/h8-11,14-16,20,22,34-35H,12-13H2,1-7H3/t20-,22+. The van der Waals surface area contributed by atoms with Gasteiger partial charge in [-0.25, -0.2) is 4.39 Å². The highest BCUT2D eigenvalue weighted by Crippen LogP contribution is 2.44. The van der Waals surface area contributed by atoms with Crippen LogP contribution in [0.1, 0.15) is 57.2 Å². The van der Waals surface area contributed by atoms with Gasteiger partial charge in [-0.3, -0.25) is 4.79 Å². The van der Waals surface area contributed by atoms with Gasteiger partial charge in [-0.15, -0.1) is 0 Å². The second kappa shape index (κ2) is 9.62. The van der Waals surface area contributed by atoms with Crippen molar-refractivity contribution in [3.8, 4) is 28.4 Å². The fourth-order valence-corrected chi connectivity index (χ4v) is 4.71. The van der Waals surface area contributed by atoms with Gasteiger partial charge < -0.3 is 24.3 Å². The van der Waals surface area contributed by atoms with Crippen LogP contribution in [0.15, 0.2) is 47.4 Å². The van der Waals surface area contributed by atoms with E-state index in [0.29, 0.717) is 57.9 Å². The molecule has 0 radical (unpaired) electrons. The van der Waals surface area contributed by atoms with Gasteiger partial charge in [0.05, 0.1) is 17.3 Å². The molecule has 0 atom stereocenters. The van der Waals surface area contributed by atoms with E-state index in [9.17, 15) is 19.4 Å². The van der Waals surface area contributed by atoms with Gasteiger partial charge in [-0.05, 0) is 101 Å². The minimum Gasteiger partial charge on any atom is -0.489 e. The molecule has 0 bridgehead atoms. The minimum absolute atomic E-state index is 0.120. The first-order chi connectivity index (χ1) is 17.1. The molecule has 0 saturated heterocycles. The molecule has 1 aromatic heterocycles. The van der Waals surface area contributed by atoms with E-state index >= 15 is 0 Å². The molecule has 0 amide bonds. The minimum atomic E-state index is -1.12. The highest BCUT2D eigenvalue weighted by molar-refractivity contribution is 5.76. The van der Waals surface area contributed by atoms with E-state index in [-0.39, 0.29) is 23.4 Å². The van der Waals surface area contributed by atoms with Crippen molar-refractivity contribution in [3.05, 3.63) is 75.5 Å². The number of rotatable bonds is 7. The van der Waals surface area contributed by atoms with Crippen molar-refractivity contribution in [2.45, 2.75) is 71.7 Å². The maximum Gasteiger partial charge on any atom is 0.254 e. The van der Waals surface area contributed by atoms with E-state index in [1.54, 1.807) is 66.9 Å². The molecule has 1 saturated carbocycles. The van der Waals surface area contributed by atoms with E-state index in [2.05, 4.69) is 0 Å². The first kappa shape index (κ1) is 26.9. The van der Waals surface area contributed by atoms with Crippen LogP contribution in [0.5, 0.6) is 17.2 Å². The van der Waals surface area contributed by atoms with E-state index in [1.165, 1.54) is 22.8 Å². The molecule has 0 unspecified atom stereocenters. The summed E-state index contributed by atoms with van der Waals surface area (Å²) in [5.74, 6) is 1.22. The van der Waals surface area contributed by atoms with E-state index < -0.39 is 11.2 Å². The smallest absolute Gasteiger partial charge is 0.254 e. The van der Waals surface area contributed by atoms with Gasteiger partial charge in [-0.2, -0.15) is 0 Å². The molecule has 37 heavy (non-hydrogen) atoms. The lowest BCUT2D eigenvalue weighted by Crippen LogP contribution is -2.45. The maximum absolute atomic E-state index is 13.9. The van der Waals surface area contributed by atoms with Gasteiger partial charge in [-0.1, -0.05) is 6.07 Å². The summed E-state index contributed by atoms with van der Waals surface area (Å²) in [6, 6.07) is 9.69. The fourth-order valence-electron chi connectivity index (χ4n) is 4.71. The van der Waals surface area contributed by atoms with Crippen LogP contribution < -0.4 is 15.0 Å². The number of aromatic nitrogens is 1. The van der Waals surface area contributed by atoms with Gasteiger partial charge in [0.25, 0.3) is 5.56 Å². The van der Waals surface area contributed by atoms with Gasteiger partial charge in [0.1, 0.15) is 23.1 Å². The molecule has 7 heteroatoms.